The van der Waals surface area contributed by atoms with E-state index in [0.29, 0.717) is 17.7 Å². The maximum atomic E-state index is 12.5. The first kappa shape index (κ1) is 20.5. The molecule has 0 saturated carbocycles. The van der Waals surface area contributed by atoms with Gasteiger partial charge in [0.2, 0.25) is 0 Å². The average Bonchev–Trinajstić information content (AvgIpc) is 2.23. The van der Waals surface area contributed by atoms with E-state index in [-0.39, 0.29) is 63.7 Å². The molecule has 20 heavy (non-hydrogen) atoms. The van der Waals surface area contributed by atoms with Crippen LogP contribution >= 0.6 is 0 Å². The Morgan fingerprint density at radius 1 is 1.25 bits per heavy atom. The monoisotopic (exact) mass is 334 g/mol. The molecule has 1 rings (SSSR count). The molecule has 0 aliphatic rings. The van der Waals surface area contributed by atoms with Crippen molar-refractivity contribution in [3.05, 3.63) is 23.8 Å². The molecule has 0 aliphatic heterocycles. The van der Waals surface area contributed by atoms with Crippen molar-refractivity contribution < 1.29 is 77.5 Å². The Balaban J connectivity index is 0.00000361. The summed E-state index contributed by atoms with van der Waals surface area (Å²) < 4.78 is 64.5. The van der Waals surface area contributed by atoms with E-state index in [1.54, 1.807) is 0 Å². The Morgan fingerprint density at radius 3 is 2.30 bits per heavy atom. The van der Waals surface area contributed by atoms with Crippen LogP contribution in [0, 0.1) is 6.92 Å². The summed E-state index contributed by atoms with van der Waals surface area (Å²) >= 11 is 0. The zero-order valence-corrected chi connectivity index (χ0v) is 15.6. The molecule has 0 unspecified atom stereocenters. The molecule has 3 nitrogen and oxygen atoms in total. The predicted octanol–water partition coefficient (Wildman–Crippen LogP) is -1.13. The third-order valence-electron chi connectivity index (χ3n) is 2.49. The van der Waals surface area contributed by atoms with Crippen LogP contribution in [0.25, 0.3) is 0 Å². The van der Waals surface area contributed by atoms with Gasteiger partial charge in [0, 0.05) is 6.26 Å². The van der Waals surface area contributed by atoms with Gasteiger partial charge in [0.05, 0.1) is 12.4 Å². The summed E-state index contributed by atoms with van der Waals surface area (Å²) in [4.78, 5) is 0. The summed E-state index contributed by atoms with van der Waals surface area (Å²) in [5, 5.41) is 0. The largest absolute Gasteiger partial charge is 1.00 e. The zero-order chi connectivity index (χ0) is 14.7. The number of halogens is 3. The molecule has 0 N–H and O–H groups in total. The minimum absolute atomic E-state index is 0. The minimum Gasteiger partial charge on any atom is -0.493 e. The van der Waals surface area contributed by atoms with Crippen LogP contribution in [0.1, 0.15) is 12.0 Å². The Kier molecular flexibility index (Phi) is 8.38. The van der Waals surface area contributed by atoms with E-state index in [9.17, 15) is 21.4 Å². The number of rotatable bonds is 6. The fraction of sp³-hybridized carbons (Fsp3) is 0.455. The van der Waals surface area contributed by atoms with Crippen molar-refractivity contribution in [2.45, 2.75) is 13.3 Å². The van der Waals surface area contributed by atoms with E-state index >= 15 is 0 Å². The Bertz CT molecular complexity index is 546. The molecule has 108 valence electrons. The molecule has 9 heteroatoms. The van der Waals surface area contributed by atoms with Crippen LogP contribution in [0.3, 0.4) is 0 Å². The molecule has 0 aliphatic carbocycles. The van der Waals surface area contributed by atoms with Crippen molar-refractivity contribution in [3.63, 3.8) is 0 Å². The molecule has 0 saturated heterocycles. The van der Waals surface area contributed by atoms with Gasteiger partial charge in [0.15, 0.2) is 0 Å². The van der Waals surface area contributed by atoms with Gasteiger partial charge in [-0.2, -0.15) is 0 Å². The molecule has 0 heterocycles. The Hall–Kier alpha value is 0.461. The average molecular weight is 334 g/mol. The molecule has 0 fully saturated rings. The molecule has 0 atom stereocenters. The molecule has 0 amide bonds. The molecule has 1 aromatic carbocycles. The van der Waals surface area contributed by atoms with Crippen LogP contribution < -0.4 is 61.6 Å². The van der Waals surface area contributed by atoms with E-state index in [4.69, 9.17) is 4.74 Å². The van der Waals surface area contributed by atoms with E-state index < -0.39 is 22.3 Å². The van der Waals surface area contributed by atoms with Crippen LogP contribution in [0.5, 0.6) is 5.75 Å². The van der Waals surface area contributed by atoms with Gasteiger partial charge in [-0.25, -0.2) is 8.42 Å². The van der Waals surface area contributed by atoms with Crippen molar-refractivity contribution in [2.24, 2.45) is 0 Å². The molecule has 1 aromatic rings. The molecule has 0 spiro atoms. The van der Waals surface area contributed by atoms with Crippen LogP contribution in [0.4, 0.5) is 12.9 Å². The van der Waals surface area contributed by atoms with Gasteiger partial charge in [-0.15, -0.1) is 5.46 Å². The van der Waals surface area contributed by atoms with Crippen molar-refractivity contribution in [1.29, 1.82) is 0 Å². The van der Waals surface area contributed by atoms with Gasteiger partial charge in [-0.3, -0.25) is 0 Å². The summed E-state index contributed by atoms with van der Waals surface area (Å²) in [7, 11) is -3.04. The van der Waals surface area contributed by atoms with Crippen LogP contribution in [-0.4, -0.2) is 34.0 Å². The maximum absolute atomic E-state index is 12.5. The summed E-state index contributed by atoms with van der Waals surface area (Å²) in [6.07, 6.45) is 1.43. The maximum Gasteiger partial charge on any atom is 1.00 e. The van der Waals surface area contributed by atoms with E-state index in [2.05, 4.69) is 0 Å². The van der Waals surface area contributed by atoms with Gasteiger partial charge in [-0.05, 0) is 25.0 Å². The van der Waals surface area contributed by atoms with E-state index in [1.165, 1.54) is 13.0 Å². The van der Waals surface area contributed by atoms with Gasteiger partial charge in [-0.1, -0.05) is 12.1 Å². The van der Waals surface area contributed by atoms with Crippen molar-refractivity contribution in [1.82, 2.24) is 0 Å². The van der Waals surface area contributed by atoms with Crippen molar-refractivity contribution >= 4 is 22.3 Å². The van der Waals surface area contributed by atoms with Gasteiger partial charge in [0.1, 0.15) is 15.6 Å². The fourth-order valence-electron chi connectivity index (χ4n) is 1.54. The third kappa shape index (κ3) is 7.46. The number of benzene rings is 1. The normalized spacial score (nSPS) is 11.8. The van der Waals surface area contributed by atoms with Crippen LogP contribution in [-0.2, 0) is 9.84 Å². The molecule has 0 radical (unpaired) electrons. The van der Waals surface area contributed by atoms with E-state index in [1.807, 2.05) is 0 Å². The number of ether oxygens (including phenoxy) is 1. The summed E-state index contributed by atoms with van der Waals surface area (Å²) in [5.74, 6) is 0.341. The molecular weight excluding hydrogens is 319 g/mol. The Morgan fingerprint density at radius 2 is 1.85 bits per heavy atom. The summed E-state index contributed by atoms with van der Waals surface area (Å²) in [6, 6.07) is 3.27. The summed E-state index contributed by atoms with van der Waals surface area (Å²) in [5.41, 5.74) is -0.281. The number of hydrogen-bond donors (Lipinski definition) is 0. The molecule has 0 aromatic heterocycles. The second kappa shape index (κ2) is 8.19. The van der Waals surface area contributed by atoms with Gasteiger partial charge in [0.25, 0.3) is 0 Å². The standard InChI is InChI=1S/C11H15BF3O3S.K/c1-9-8-10(12(13,14)15)4-5-11(9)18-6-3-7-19(2,16)17;/h4-5,8H,3,6-7H2,1-2H3;/q-1;+1. The number of aryl methyl sites for hydroxylation is 1. The number of hydrogen-bond acceptors (Lipinski definition) is 3. The van der Waals surface area contributed by atoms with E-state index in [0.717, 1.165) is 18.4 Å². The molecule has 0 bridgehead atoms. The minimum atomic E-state index is -5.01. The Labute approximate surface area is 159 Å². The van der Waals surface area contributed by atoms with Crippen LogP contribution in [0.15, 0.2) is 18.2 Å². The van der Waals surface area contributed by atoms with Crippen molar-refractivity contribution in [2.75, 3.05) is 18.6 Å². The number of sulfone groups is 1. The molecular formula is C11H15BF3KO3S. The van der Waals surface area contributed by atoms with Crippen LogP contribution in [0.2, 0.25) is 0 Å². The summed E-state index contributed by atoms with van der Waals surface area (Å²) in [6.45, 7) is -3.33. The second-order valence-electron chi connectivity index (χ2n) is 4.43. The van der Waals surface area contributed by atoms with Gasteiger partial charge >= 0.3 is 58.4 Å². The van der Waals surface area contributed by atoms with Crippen molar-refractivity contribution in [3.8, 4) is 5.75 Å². The predicted molar refractivity (Wildman–Crippen MR) is 69.7 cm³/mol. The SMILES string of the molecule is Cc1cc([B-](F)(F)F)ccc1OCCCS(C)(=O)=O.[K+]. The first-order chi connectivity index (χ1) is 8.59. The first-order valence-electron chi connectivity index (χ1n) is 5.70. The second-order valence-corrected chi connectivity index (χ2v) is 6.69. The quantitative estimate of drug-likeness (QED) is 0.488. The first-order valence-corrected chi connectivity index (χ1v) is 7.76. The fourth-order valence-corrected chi connectivity index (χ4v) is 2.18. The van der Waals surface area contributed by atoms with Gasteiger partial charge < -0.3 is 17.7 Å². The topological polar surface area (TPSA) is 43.4 Å². The third-order valence-corrected chi connectivity index (χ3v) is 3.52. The zero-order valence-electron chi connectivity index (χ0n) is 11.7. The smallest absolute Gasteiger partial charge is 0.493 e.